The Kier molecular flexibility index (Phi) is 4.09. The molecule has 1 aromatic rings. The van der Waals surface area contributed by atoms with E-state index in [1.54, 1.807) is 0 Å². The Bertz CT molecular complexity index is 485. The minimum atomic E-state index is -1.24. The smallest absolute Gasteiger partial charge is 0.336 e. The third kappa shape index (κ3) is 2.88. The largest absolute Gasteiger partial charge is 0.494 e. The van der Waals surface area contributed by atoms with Crippen LogP contribution in [0.1, 0.15) is 24.2 Å². The van der Waals surface area contributed by atoms with Crippen LogP contribution in [0, 0.1) is 10.1 Å². The molecule has 0 aromatic heterocycles. The quantitative estimate of drug-likeness (QED) is 0.616. The second-order valence-corrected chi connectivity index (χ2v) is 3.93. The number of rotatable bonds is 5. The van der Waals surface area contributed by atoms with Crippen molar-refractivity contribution in [3.63, 3.8) is 0 Å². The number of nitrogens with one attached hydrogen (secondary N) is 1. The van der Waals surface area contributed by atoms with Gasteiger partial charge in [-0.1, -0.05) is 0 Å². The van der Waals surface area contributed by atoms with Crippen LogP contribution in [0.5, 0.6) is 5.75 Å². The molecule has 2 N–H and O–H groups in total. The first-order chi connectivity index (χ1) is 8.36. The van der Waals surface area contributed by atoms with Gasteiger partial charge in [0.15, 0.2) is 5.69 Å². The lowest BCUT2D eigenvalue weighted by atomic mass is 10.1. The summed E-state index contributed by atoms with van der Waals surface area (Å²) in [6.45, 7) is 3.63. The molecule has 98 valence electrons. The normalized spacial score (nSPS) is 10.2. The van der Waals surface area contributed by atoms with E-state index in [9.17, 15) is 14.9 Å². The number of carboxylic acids is 1. The monoisotopic (exact) mass is 254 g/mol. The fraction of sp³-hybridized carbons (Fsp3) is 0.364. The number of anilines is 1. The van der Waals surface area contributed by atoms with E-state index in [2.05, 4.69) is 5.32 Å². The molecule has 0 heterocycles. The first-order valence-electron chi connectivity index (χ1n) is 5.23. The SMILES string of the molecule is COc1cc(C(=O)O)cc([N+](=O)[O-])c1NC(C)C. The molecule has 0 amide bonds. The first-order valence-corrected chi connectivity index (χ1v) is 5.23. The van der Waals surface area contributed by atoms with Crippen LogP contribution in [0.4, 0.5) is 11.4 Å². The van der Waals surface area contributed by atoms with Gasteiger partial charge in [-0.2, -0.15) is 0 Å². The van der Waals surface area contributed by atoms with Crippen molar-refractivity contribution in [2.24, 2.45) is 0 Å². The topological polar surface area (TPSA) is 102 Å². The van der Waals surface area contributed by atoms with Crippen molar-refractivity contribution >= 4 is 17.3 Å². The Morgan fingerprint density at radius 2 is 2.11 bits per heavy atom. The van der Waals surface area contributed by atoms with Crippen molar-refractivity contribution in [3.05, 3.63) is 27.8 Å². The Balaban J connectivity index is 3.45. The molecular weight excluding hydrogens is 240 g/mol. The molecular formula is C11H14N2O5. The molecule has 0 saturated heterocycles. The van der Waals surface area contributed by atoms with Gasteiger partial charge in [0.2, 0.25) is 0 Å². The fourth-order valence-corrected chi connectivity index (χ4v) is 1.46. The summed E-state index contributed by atoms with van der Waals surface area (Å²) in [5.74, 6) is -1.11. The third-order valence-corrected chi connectivity index (χ3v) is 2.18. The highest BCUT2D eigenvalue weighted by Gasteiger charge is 2.23. The standard InChI is InChI=1S/C11H14N2O5/c1-6(2)12-10-8(13(16)17)4-7(11(14)15)5-9(10)18-3/h4-6,12H,1-3H3,(H,14,15). The van der Waals surface area contributed by atoms with Gasteiger partial charge in [0.05, 0.1) is 17.6 Å². The Morgan fingerprint density at radius 3 is 2.50 bits per heavy atom. The zero-order chi connectivity index (χ0) is 13.9. The lowest BCUT2D eigenvalue weighted by Crippen LogP contribution is -2.13. The van der Waals surface area contributed by atoms with Crippen molar-refractivity contribution in [3.8, 4) is 5.75 Å². The molecule has 0 spiro atoms. The molecule has 0 aliphatic carbocycles. The number of hydrogen-bond donors (Lipinski definition) is 2. The summed E-state index contributed by atoms with van der Waals surface area (Å²) in [6, 6.07) is 2.21. The number of hydrogen-bond acceptors (Lipinski definition) is 5. The Labute approximate surface area is 104 Å². The van der Waals surface area contributed by atoms with Crippen LogP contribution in [0.3, 0.4) is 0 Å². The minimum Gasteiger partial charge on any atom is -0.494 e. The van der Waals surface area contributed by atoms with E-state index in [-0.39, 0.29) is 28.7 Å². The van der Waals surface area contributed by atoms with Gasteiger partial charge in [0.25, 0.3) is 5.69 Å². The molecule has 0 saturated carbocycles. The van der Waals surface area contributed by atoms with E-state index in [1.807, 2.05) is 13.8 Å². The molecule has 0 fully saturated rings. The highest BCUT2D eigenvalue weighted by atomic mass is 16.6. The number of ether oxygens (including phenoxy) is 1. The van der Waals surface area contributed by atoms with Crippen molar-refractivity contribution in [2.75, 3.05) is 12.4 Å². The maximum absolute atomic E-state index is 11.0. The van der Waals surface area contributed by atoms with Crippen LogP contribution >= 0.6 is 0 Å². The number of nitrogens with zero attached hydrogens (tertiary/aromatic N) is 1. The molecule has 18 heavy (non-hydrogen) atoms. The van der Waals surface area contributed by atoms with Gasteiger partial charge in [-0.15, -0.1) is 0 Å². The zero-order valence-corrected chi connectivity index (χ0v) is 10.3. The first kappa shape index (κ1) is 13.8. The summed E-state index contributed by atoms with van der Waals surface area (Å²) >= 11 is 0. The number of aromatic carboxylic acids is 1. The number of carboxylic acid groups (broad SMARTS) is 1. The van der Waals surface area contributed by atoms with Crippen LogP contribution in [0.25, 0.3) is 0 Å². The predicted molar refractivity (Wildman–Crippen MR) is 65.4 cm³/mol. The van der Waals surface area contributed by atoms with Crippen LogP contribution in [-0.4, -0.2) is 29.2 Å². The molecule has 0 aliphatic rings. The molecule has 0 atom stereocenters. The van der Waals surface area contributed by atoms with Gasteiger partial charge in [0.1, 0.15) is 5.75 Å². The van der Waals surface area contributed by atoms with Crippen LogP contribution in [0.15, 0.2) is 12.1 Å². The molecule has 0 bridgehead atoms. The molecule has 7 heteroatoms. The Hall–Kier alpha value is -2.31. The summed E-state index contributed by atoms with van der Waals surface area (Å²) < 4.78 is 5.00. The lowest BCUT2D eigenvalue weighted by Gasteiger charge is -2.14. The minimum absolute atomic E-state index is 0.0479. The van der Waals surface area contributed by atoms with Crippen LogP contribution < -0.4 is 10.1 Å². The lowest BCUT2D eigenvalue weighted by molar-refractivity contribution is -0.384. The van der Waals surface area contributed by atoms with E-state index in [1.165, 1.54) is 13.2 Å². The maximum Gasteiger partial charge on any atom is 0.336 e. The van der Waals surface area contributed by atoms with Crippen molar-refractivity contribution < 1.29 is 19.6 Å². The second kappa shape index (κ2) is 5.35. The number of methoxy groups -OCH3 is 1. The van der Waals surface area contributed by atoms with E-state index >= 15 is 0 Å². The summed E-state index contributed by atoms with van der Waals surface area (Å²) in [7, 11) is 1.33. The van der Waals surface area contributed by atoms with Crippen molar-refractivity contribution in [2.45, 2.75) is 19.9 Å². The summed E-state index contributed by atoms with van der Waals surface area (Å²) in [5.41, 5.74) is -0.323. The number of nitro groups is 1. The van der Waals surface area contributed by atoms with E-state index in [0.717, 1.165) is 6.07 Å². The number of carbonyl (C=O) groups is 1. The molecule has 0 radical (unpaired) electrons. The second-order valence-electron chi connectivity index (χ2n) is 3.93. The average Bonchev–Trinajstić information content (AvgIpc) is 2.27. The van der Waals surface area contributed by atoms with Crippen molar-refractivity contribution in [1.82, 2.24) is 0 Å². The van der Waals surface area contributed by atoms with Gasteiger partial charge < -0.3 is 15.2 Å². The molecule has 0 unspecified atom stereocenters. The van der Waals surface area contributed by atoms with Gasteiger partial charge in [-0.05, 0) is 19.9 Å². The molecule has 1 aromatic carbocycles. The molecule has 1 rings (SSSR count). The van der Waals surface area contributed by atoms with Gasteiger partial charge >= 0.3 is 5.97 Å². The van der Waals surface area contributed by atoms with E-state index in [0.29, 0.717) is 0 Å². The predicted octanol–water partition coefficient (Wildman–Crippen LogP) is 2.12. The summed E-state index contributed by atoms with van der Waals surface area (Å²) in [6.07, 6.45) is 0. The average molecular weight is 254 g/mol. The summed E-state index contributed by atoms with van der Waals surface area (Å²) in [5, 5.41) is 22.7. The van der Waals surface area contributed by atoms with E-state index < -0.39 is 10.9 Å². The Morgan fingerprint density at radius 1 is 1.50 bits per heavy atom. The number of benzene rings is 1. The fourth-order valence-electron chi connectivity index (χ4n) is 1.46. The third-order valence-electron chi connectivity index (χ3n) is 2.18. The van der Waals surface area contributed by atoms with Crippen LogP contribution in [-0.2, 0) is 0 Å². The van der Waals surface area contributed by atoms with Gasteiger partial charge in [-0.25, -0.2) is 4.79 Å². The van der Waals surface area contributed by atoms with Crippen LogP contribution in [0.2, 0.25) is 0 Å². The highest BCUT2D eigenvalue weighted by Crippen LogP contribution is 2.36. The molecule has 0 aliphatic heterocycles. The molecule has 7 nitrogen and oxygen atoms in total. The maximum atomic E-state index is 11.0. The highest BCUT2D eigenvalue weighted by molar-refractivity contribution is 5.91. The number of nitro benzene ring substituents is 1. The van der Waals surface area contributed by atoms with Crippen molar-refractivity contribution in [1.29, 1.82) is 0 Å². The van der Waals surface area contributed by atoms with Gasteiger partial charge in [-0.3, -0.25) is 10.1 Å². The summed E-state index contributed by atoms with van der Waals surface area (Å²) in [4.78, 5) is 21.2. The zero-order valence-electron chi connectivity index (χ0n) is 10.3. The van der Waals surface area contributed by atoms with E-state index in [4.69, 9.17) is 9.84 Å². The van der Waals surface area contributed by atoms with Gasteiger partial charge in [0, 0.05) is 12.1 Å².